The van der Waals surface area contributed by atoms with Crippen LogP contribution in [0.3, 0.4) is 0 Å². The van der Waals surface area contributed by atoms with Gasteiger partial charge in [0.05, 0.1) is 11.0 Å². The number of benzene rings is 6. The summed E-state index contributed by atoms with van der Waals surface area (Å²) in [7, 11) is 0. The van der Waals surface area contributed by atoms with Crippen LogP contribution in [0, 0.1) is 0 Å². The summed E-state index contributed by atoms with van der Waals surface area (Å²) < 4.78 is 2.44. The molecule has 0 N–H and O–H groups in total. The van der Waals surface area contributed by atoms with E-state index in [1.54, 1.807) is 0 Å². The van der Waals surface area contributed by atoms with Crippen molar-refractivity contribution < 1.29 is 0 Å². The topological polar surface area (TPSA) is 4.93 Å². The molecule has 0 fully saturated rings. The second kappa shape index (κ2) is 8.31. The molecule has 7 aromatic rings. The molecule has 2 heterocycles. The van der Waals surface area contributed by atoms with Gasteiger partial charge in [-0.25, -0.2) is 0 Å². The normalized spacial score (nSPS) is 12.6. The van der Waals surface area contributed by atoms with Crippen LogP contribution in [0.15, 0.2) is 147 Å². The quantitative estimate of drug-likeness (QED) is 0.229. The summed E-state index contributed by atoms with van der Waals surface area (Å²) in [5, 5.41) is 5.16. The maximum atomic E-state index is 2.44. The predicted molar refractivity (Wildman–Crippen MR) is 158 cm³/mol. The molecular formula is C34H21NS2. The first kappa shape index (κ1) is 21.2. The third-order valence-electron chi connectivity index (χ3n) is 7.23. The summed E-state index contributed by atoms with van der Waals surface area (Å²) in [5.74, 6) is 0. The van der Waals surface area contributed by atoms with Crippen molar-refractivity contribution in [2.45, 2.75) is 19.6 Å². The van der Waals surface area contributed by atoms with E-state index in [9.17, 15) is 0 Å². The zero-order valence-corrected chi connectivity index (χ0v) is 21.5. The van der Waals surface area contributed by atoms with Crippen molar-refractivity contribution in [1.82, 2.24) is 4.57 Å². The standard InChI is InChI=1S/C34H21NS2/c1-2-8-22(9-3-1)25-15-17-28-27(21-25)33-29(35(28)26-16-14-23-10-4-5-11-24(23)20-26)18-19-32-34(33)37-31-13-7-6-12-30(31)36-32/h1-21H. The fourth-order valence-corrected chi connectivity index (χ4v) is 7.90. The molecule has 3 heteroatoms. The highest BCUT2D eigenvalue weighted by Crippen LogP contribution is 2.53. The lowest BCUT2D eigenvalue weighted by molar-refractivity contribution is 1.16. The largest absolute Gasteiger partial charge is 0.309 e. The molecule has 37 heavy (non-hydrogen) atoms. The van der Waals surface area contributed by atoms with Gasteiger partial charge >= 0.3 is 0 Å². The number of fused-ring (bicyclic) bond motifs is 7. The van der Waals surface area contributed by atoms with Crippen molar-refractivity contribution in [3.8, 4) is 16.8 Å². The van der Waals surface area contributed by atoms with E-state index in [2.05, 4.69) is 132 Å². The Morgan fingerprint density at radius 1 is 0.459 bits per heavy atom. The molecule has 174 valence electrons. The molecule has 0 spiro atoms. The number of nitrogens with zero attached hydrogens (tertiary/aromatic N) is 1. The van der Waals surface area contributed by atoms with E-state index in [1.807, 2.05) is 23.5 Å². The van der Waals surface area contributed by atoms with Crippen LogP contribution >= 0.6 is 23.5 Å². The highest BCUT2D eigenvalue weighted by atomic mass is 32.2. The van der Waals surface area contributed by atoms with Gasteiger partial charge in [0.15, 0.2) is 0 Å². The van der Waals surface area contributed by atoms with Crippen molar-refractivity contribution in [3.05, 3.63) is 127 Å². The van der Waals surface area contributed by atoms with Crippen LogP contribution in [0.5, 0.6) is 0 Å². The molecule has 0 atom stereocenters. The Balaban J connectivity index is 1.45. The van der Waals surface area contributed by atoms with Crippen molar-refractivity contribution in [1.29, 1.82) is 0 Å². The van der Waals surface area contributed by atoms with Gasteiger partial charge in [-0.2, -0.15) is 0 Å². The summed E-state index contributed by atoms with van der Waals surface area (Å²) in [6.45, 7) is 0. The van der Waals surface area contributed by atoms with Crippen LogP contribution in [0.2, 0.25) is 0 Å². The third-order valence-corrected chi connectivity index (χ3v) is 9.83. The molecule has 0 saturated carbocycles. The Kier molecular flexibility index (Phi) is 4.76. The predicted octanol–water partition coefficient (Wildman–Crippen LogP) is 10.2. The second-order valence-corrected chi connectivity index (χ2v) is 11.5. The van der Waals surface area contributed by atoms with Gasteiger partial charge in [0, 0.05) is 36.0 Å². The molecule has 0 bridgehead atoms. The lowest BCUT2D eigenvalue weighted by Gasteiger charge is -2.19. The van der Waals surface area contributed by atoms with E-state index in [1.165, 1.54) is 69.0 Å². The van der Waals surface area contributed by atoms with E-state index >= 15 is 0 Å². The Bertz CT molecular complexity index is 1990. The van der Waals surface area contributed by atoms with Crippen molar-refractivity contribution in [2.75, 3.05) is 0 Å². The van der Waals surface area contributed by atoms with Gasteiger partial charge in [0.2, 0.25) is 0 Å². The van der Waals surface area contributed by atoms with Crippen molar-refractivity contribution in [2.24, 2.45) is 0 Å². The first-order valence-electron chi connectivity index (χ1n) is 12.4. The average molecular weight is 508 g/mol. The van der Waals surface area contributed by atoms with Crippen LogP contribution < -0.4 is 0 Å². The van der Waals surface area contributed by atoms with Gasteiger partial charge in [0.1, 0.15) is 0 Å². The Hall–Kier alpha value is -3.92. The SMILES string of the molecule is c1ccc(-c2ccc3c(c2)c2c4c(ccc2n3-c2ccc3ccccc3c2)Sc2ccccc2S4)cc1. The van der Waals surface area contributed by atoms with Crippen LogP contribution in [-0.2, 0) is 0 Å². The van der Waals surface area contributed by atoms with Gasteiger partial charge in [0.25, 0.3) is 0 Å². The molecule has 0 aliphatic carbocycles. The van der Waals surface area contributed by atoms with Crippen LogP contribution in [0.4, 0.5) is 0 Å². The van der Waals surface area contributed by atoms with E-state index in [-0.39, 0.29) is 0 Å². The lowest BCUT2D eigenvalue weighted by atomic mass is 10.0. The monoisotopic (exact) mass is 507 g/mol. The molecule has 0 radical (unpaired) electrons. The van der Waals surface area contributed by atoms with E-state index in [0.29, 0.717) is 0 Å². The molecule has 0 saturated heterocycles. The average Bonchev–Trinajstić information content (AvgIpc) is 3.30. The van der Waals surface area contributed by atoms with Gasteiger partial charge in [-0.15, -0.1) is 0 Å². The first-order chi connectivity index (χ1) is 18.3. The molecule has 0 unspecified atom stereocenters. The molecule has 1 aliphatic rings. The molecule has 1 aromatic heterocycles. The van der Waals surface area contributed by atoms with Gasteiger partial charge in [-0.3, -0.25) is 0 Å². The maximum Gasteiger partial charge on any atom is 0.0553 e. The van der Waals surface area contributed by atoms with Crippen LogP contribution in [-0.4, -0.2) is 4.57 Å². The third kappa shape index (κ3) is 3.35. The molecule has 0 amide bonds. The maximum absolute atomic E-state index is 2.44. The number of hydrogen-bond donors (Lipinski definition) is 0. The molecule has 8 rings (SSSR count). The van der Waals surface area contributed by atoms with E-state index in [0.717, 1.165) is 0 Å². The molecule has 1 nitrogen and oxygen atoms in total. The minimum absolute atomic E-state index is 1.19. The number of rotatable bonds is 2. The highest BCUT2D eigenvalue weighted by molar-refractivity contribution is 8.05. The van der Waals surface area contributed by atoms with Crippen molar-refractivity contribution >= 4 is 56.1 Å². The highest BCUT2D eigenvalue weighted by Gasteiger charge is 2.23. The van der Waals surface area contributed by atoms with Gasteiger partial charge in [-0.05, 0) is 70.4 Å². The number of aromatic nitrogens is 1. The zero-order chi connectivity index (χ0) is 24.3. The molecular weight excluding hydrogens is 487 g/mol. The summed E-state index contributed by atoms with van der Waals surface area (Å²) in [4.78, 5) is 5.36. The molecule has 1 aliphatic heterocycles. The first-order valence-corrected chi connectivity index (χ1v) is 14.1. The summed E-state index contributed by atoms with van der Waals surface area (Å²) >= 11 is 3.79. The van der Waals surface area contributed by atoms with E-state index < -0.39 is 0 Å². The van der Waals surface area contributed by atoms with Gasteiger partial charge in [-0.1, -0.05) is 102 Å². The summed E-state index contributed by atoms with van der Waals surface area (Å²) in [6.07, 6.45) is 0. The summed E-state index contributed by atoms with van der Waals surface area (Å²) in [6, 6.07) is 46.4. The van der Waals surface area contributed by atoms with Gasteiger partial charge < -0.3 is 4.57 Å². The minimum Gasteiger partial charge on any atom is -0.309 e. The minimum atomic E-state index is 1.19. The fourth-order valence-electron chi connectivity index (χ4n) is 5.49. The second-order valence-electron chi connectivity index (χ2n) is 9.40. The number of hydrogen-bond acceptors (Lipinski definition) is 2. The lowest BCUT2D eigenvalue weighted by Crippen LogP contribution is -1.95. The smallest absolute Gasteiger partial charge is 0.0553 e. The Morgan fingerprint density at radius 3 is 2.05 bits per heavy atom. The molecule has 6 aromatic carbocycles. The fraction of sp³-hybridized carbons (Fsp3) is 0. The van der Waals surface area contributed by atoms with Crippen molar-refractivity contribution in [3.63, 3.8) is 0 Å². The Labute approximate surface area is 223 Å². The van der Waals surface area contributed by atoms with Crippen LogP contribution in [0.1, 0.15) is 0 Å². The Morgan fingerprint density at radius 2 is 1.19 bits per heavy atom. The van der Waals surface area contributed by atoms with Crippen LogP contribution in [0.25, 0.3) is 49.4 Å². The zero-order valence-electron chi connectivity index (χ0n) is 19.9. The summed E-state index contributed by atoms with van der Waals surface area (Å²) in [5.41, 5.74) is 6.18. The van der Waals surface area contributed by atoms with E-state index in [4.69, 9.17) is 0 Å².